The summed E-state index contributed by atoms with van der Waals surface area (Å²) in [5, 5.41) is 0. The van der Waals surface area contributed by atoms with Gasteiger partial charge in [0, 0.05) is 31.2 Å². The zero-order chi connectivity index (χ0) is 19.3. The molecule has 0 spiro atoms. The van der Waals surface area contributed by atoms with Crippen LogP contribution >= 0.6 is 0 Å². The Kier molecular flexibility index (Phi) is 5.39. The molecule has 2 aromatic carbocycles. The number of aromatic amines is 1. The molecule has 0 saturated heterocycles. The first-order chi connectivity index (χ1) is 13.7. The summed E-state index contributed by atoms with van der Waals surface area (Å²) in [7, 11) is 1.80. The summed E-state index contributed by atoms with van der Waals surface area (Å²) in [6.45, 7) is 2.24. The summed E-state index contributed by atoms with van der Waals surface area (Å²) in [4.78, 5) is 23.8. The highest BCUT2D eigenvalue weighted by Crippen LogP contribution is 2.32. The van der Waals surface area contributed by atoms with Gasteiger partial charge in [0.15, 0.2) is 0 Å². The fourth-order valence-corrected chi connectivity index (χ4v) is 3.45. The van der Waals surface area contributed by atoms with Crippen molar-refractivity contribution in [2.75, 3.05) is 30.0 Å². The molecule has 144 valence electrons. The number of imidazole rings is 1. The zero-order valence-corrected chi connectivity index (χ0v) is 16.0. The largest absolute Gasteiger partial charge is 0.367 e. The van der Waals surface area contributed by atoms with Crippen molar-refractivity contribution < 1.29 is 9.53 Å². The van der Waals surface area contributed by atoms with Crippen molar-refractivity contribution in [3.8, 4) is 0 Å². The number of carbonyl (C=O) groups excluding carboxylic acids is 1. The highest BCUT2D eigenvalue weighted by Gasteiger charge is 2.21. The summed E-state index contributed by atoms with van der Waals surface area (Å²) in [5.41, 5.74) is 5.51. The minimum absolute atomic E-state index is 0.0559. The predicted octanol–water partition coefficient (Wildman–Crippen LogP) is 3.15. The topological polar surface area (TPSA) is 61.5 Å². The Morgan fingerprint density at radius 1 is 1.25 bits per heavy atom. The van der Waals surface area contributed by atoms with Gasteiger partial charge in [-0.15, -0.1) is 0 Å². The van der Waals surface area contributed by atoms with Crippen LogP contribution in [0.2, 0.25) is 0 Å². The molecule has 0 fully saturated rings. The normalized spacial score (nSPS) is 12.8. The van der Waals surface area contributed by atoms with Gasteiger partial charge in [-0.1, -0.05) is 36.4 Å². The van der Waals surface area contributed by atoms with Gasteiger partial charge in [0.1, 0.15) is 6.61 Å². The molecular formula is C22H24N4O2. The van der Waals surface area contributed by atoms with Crippen molar-refractivity contribution in [3.05, 3.63) is 77.9 Å². The van der Waals surface area contributed by atoms with Gasteiger partial charge in [-0.2, -0.15) is 0 Å². The van der Waals surface area contributed by atoms with Crippen LogP contribution in [-0.4, -0.2) is 36.1 Å². The van der Waals surface area contributed by atoms with Crippen LogP contribution in [0.3, 0.4) is 0 Å². The van der Waals surface area contributed by atoms with E-state index in [1.54, 1.807) is 18.3 Å². The Hall–Kier alpha value is -3.12. The number of carbonyl (C=O) groups is 1. The average Bonchev–Trinajstić information content (AvgIpc) is 3.38. The van der Waals surface area contributed by atoms with Gasteiger partial charge in [-0.3, -0.25) is 4.79 Å². The lowest BCUT2D eigenvalue weighted by Crippen LogP contribution is -2.30. The fraction of sp³-hybridized carbons (Fsp3) is 0.273. The standard InChI is InChI=1S/C22H24N4O2/c1-25(22(27)15-28-14-17-5-3-2-4-6-17)20-8-7-18-9-10-26(21(18)11-20)13-19-12-23-16-24-19/h2-8,11-12,16H,9-10,13-15H2,1H3,(H,23,24). The Labute approximate surface area is 164 Å². The third-order valence-corrected chi connectivity index (χ3v) is 5.08. The molecule has 0 bridgehead atoms. The van der Waals surface area contributed by atoms with Crippen LogP contribution in [-0.2, 0) is 29.1 Å². The number of hydrogen-bond acceptors (Lipinski definition) is 4. The monoisotopic (exact) mass is 376 g/mol. The van der Waals surface area contributed by atoms with Crippen molar-refractivity contribution in [2.24, 2.45) is 0 Å². The van der Waals surface area contributed by atoms with Crippen molar-refractivity contribution in [1.29, 1.82) is 0 Å². The SMILES string of the molecule is CN(C(=O)COCc1ccccc1)c1ccc2c(c1)N(Cc1cnc[nH]1)CC2. The fourth-order valence-electron chi connectivity index (χ4n) is 3.45. The van der Waals surface area contributed by atoms with Gasteiger partial charge in [0.25, 0.3) is 5.91 Å². The molecule has 1 aliphatic heterocycles. The van der Waals surface area contributed by atoms with Crippen LogP contribution in [0, 0.1) is 0 Å². The smallest absolute Gasteiger partial charge is 0.252 e. The van der Waals surface area contributed by atoms with E-state index in [1.165, 1.54) is 11.3 Å². The van der Waals surface area contributed by atoms with E-state index in [9.17, 15) is 4.79 Å². The van der Waals surface area contributed by atoms with Gasteiger partial charge in [0.2, 0.25) is 0 Å². The highest BCUT2D eigenvalue weighted by atomic mass is 16.5. The van der Waals surface area contributed by atoms with Gasteiger partial charge < -0.3 is 19.5 Å². The second-order valence-electron chi connectivity index (χ2n) is 6.99. The van der Waals surface area contributed by atoms with Gasteiger partial charge >= 0.3 is 0 Å². The highest BCUT2D eigenvalue weighted by molar-refractivity contribution is 5.94. The third kappa shape index (κ3) is 4.07. The molecule has 0 unspecified atom stereocenters. The quantitative estimate of drug-likeness (QED) is 0.688. The lowest BCUT2D eigenvalue weighted by atomic mass is 10.1. The zero-order valence-electron chi connectivity index (χ0n) is 16.0. The van der Waals surface area contributed by atoms with Gasteiger partial charge in [-0.25, -0.2) is 4.98 Å². The molecule has 1 amide bonds. The number of aromatic nitrogens is 2. The maximum Gasteiger partial charge on any atom is 0.252 e. The summed E-state index contributed by atoms with van der Waals surface area (Å²) in [6, 6.07) is 16.1. The van der Waals surface area contributed by atoms with Crippen LogP contribution < -0.4 is 9.80 Å². The number of hydrogen-bond donors (Lipinski definition) is 1. The summed E-state index contributed by atoms with van der Waals surface area (Å²) >= 11 is 0. The Morgan fingerprint density at radius 3 is 2.89 bits per heavy atom. The lowest BCUT2D eigenvalue weighted by molar-refractivity contribution is -0.123. The summed E-state index contributed by atoms with van der Waals surface area (Å²) in [6.07, 6.45) is 4.56. The summed E-state index contributed by atoms with van der Waals surface area (Å²) < 4.78 is 5.60. The van der Waals surface area contributed by atoms with Crippen LogP contribution in [0.25, 0.3) is 0 Å². The van der Waals surface area contributed by atoms with Crippen molar-refractivity contribution >= 4 is 17.3 Å². The number of ether oxygens (including phenoxy) is 1. The molecule has 3 aromatic rings. The molecule has 0 aliphatic carbocycles. The second kappa shape index (κ2) is 8.27. The van der Waals surface area contributed by atoms with Crippen LogP contribution in [0.15, 0.2) is 61.1 Å². The summed E-state index contributed by atoms with van der Waals surface area (Å²) in [5.74, 6) is -0.0611. The maximum atomic E-state index is 12.5. The van der Waals surface area contributed by atoms with Crippen molar-refractivity contribution in [1.82, 2.24) is 9.97 Å². The molecule has 2 heterocycles. The van der Waals surface area contributed by atoms with E-state index in [-0.39, 0.29) is 12.5 Å². The molecule has 1 aromatic heterocycles. The van der Waals surface area contributed by atoms with E-state index in [2.05, 4.69) is 27.0 Å². The van der Waals surface area contributed by atoms with E-state index in [0.29, 0.717) is 6.61 Å². The number of nitrogens with one attached hydrogen (secondary N) is 1. The number of benzene rings is 2. The molecule has 4 rings (SSSR count). The Morgan fingerprint density at radius 2 is 2.11 bits per heavy atom. The Balaban J connectivity index is 1.39. The number of likely N-dealkylation sites (N-methyl/N-ethyl adjacent to an activating group) is 1. The number of anilines is 2. The maximum absolute atomic E-state index is 12.5. The number of H-pyrrole nitrogens is 1. The molecular weight excluding hydrogens is 352 g/mol. The van der Waals surface area contributed by atoms with Gasteiger partial charge in [0.05, 0.1) is 25.2 Å². The molecule has 1 aliphatic rings. The van der Waals surface area contributed by atoms with Crippen LogP contribution in [0.5, 0.6) is 0 Å². The van der Waals surface area contributed by atoms with Gasteiger partial charge in [-0.05, 0) is 29.7 Å². The van der Waals surface area contributed by atoms with E-state index < -0.39 is 0 Å². The first-order valence-electron chi connectivity index (χ1n) is 9.44. The van der Waals surface area contributed by atoms with E-state index in [4.69, 9.17) is 4.74 Å². The third-order valence-electron chi connectivity index (χ3n) is 5.08. The molecule has 6 nitrogen and oxygen atoms in total. The first-order valence-corrected chi connectivity index (χ1v) is 9.44. The first kappa shape index (κ1) is 18.3. The van der Waals surface area contributed by atoms with Crippen LogP contribution in [0.1, 0.15) is 16.8 Å². The van der Waals surface area contributed by atoms with E-state index in [0.717, 1.165) is 36.5 Å². The Bertz CT molecular complexity index is 925. The molecule has 6 heteroatoms. The molecule has 0 atom stereocenters. The van der Waals surface area contributed by atoms with E-state index >= 15 is 0 Å². The average molecular weight is 376 g/mol. The molecule has 28 heavy (non-hydrogen) atoms. The number of fused-ring (bicyclic) bond motifs is 1. The molecule has 0 saturated carbocycles. The predicted molar refractivity (Wildman–Crippen MR) is 109 cm³/mol. The number of amides is 1. The minimum atomic E-state index is -0.0611. The van der Waals surface area contributed by atoms with Crippen molar-refractivity contribution in [2.45, 2.75) is 19.6 Å². The van der Waals surface area contributed by atoms with Crippen LogP contribution in [0.4, 0.5) is 11.4 Å². The second-order valence-corrected chi connectivity index (χ2v) is 6.99. The van der Waals surface area contributed by atoms with Crippen molar-refractivity contribution in [3.63, 3.8) is 0 Å². The lowest BCUT2D eigenvalue weighted by Gasteiger charge is -2.22. The van der Waals surface area contributed by atoms with E-state index in [1.807, 2.05) is 42.6 Å². The number of nitrogens with zero attached hydrogens (tertiary/aromatic N) is 3. The minimum Gasteiger partial charge on any atom is -0.367 e. The molecule has 0 radical (unpaired) electrons. The number of rotatable bonds is 7. The molecule has 1 N–H and O–H groups in total.